The van der Waals surface area contributed by atoms with Gasteiger partial charge in [0.15, 0.2) is 5.75 Å². The lowest BCUT2D eigenvalue weighted by Crippen LogP contribution is -2.10. The molecule has 1 rings (SSSR count). The zero-order chi connectivity index (χ0) is 13.0. The Balaban J connectivity index is 3.01. The molecule has 94 valence electrons. The molecule has 1 aromatic heterocycles. The first-order valence-corrected chi connectivity index (χ1v) is 5.85. The molecule has 0 amide bonds. The van der Waals surface area contributed by atoms with Crippen LogP contribution < -0.4 is 0 Å². The van der Waals surface area contributed by atoms with Crippen molar-refractivity contribution < 1.29 is 23.4 Å². The number of carbonyl (C=O) groups is 1. The Morgan fingerprint density at radius 3 is 2.82 bits per heavy atom. The summed E-state index contributed by atoms with van der Waals surface area (Å²) in [5.74, 6) is -0.874. The first kappa shape index (κ1) is 14.1. The van der Waals surface area contributed by atoms with Gasteiger partial charge in [-0.15, -0.1) is 0 Å². The van der Waals surface area contributed by atoms with Gasteiger partial charge in [0.1, 0.15) is 5.69 Å². The summed E-state index contributed by atoms with van der Waals surface area (Å²) in [7, 11) is 0. The van der Waals surface area contributed by atoms with Crippen LogP contribution in [0.3, 0.4) is 0 Å². The molecule has 0 atom stereocenters. The fourth-order valence-corrected chi connectivity index (χ4v) is 1.79. The van der Waals surface area contributed by atoms with E-state index in [0.717, 1.165) is 6.07 Å². The second-order valence-electron chi connectivity index (χ2n) is 3.11. The first-order valence-electron chi connectivity index (χ1n) is 4.77. The Morgan fingerprint density at radius 1 is 1.65 bits per heavy atom. The molecule has 7 heteroatoms. The van der Waals surface area contributed by atoms with E-state index in [1.54, 1.807) is 29.5 Å². The molecule has 1 aromatic rings. The second-order valence-corrected chi connectivity index (χ2v) is 4.27. The van der Waals surface area contributed by atoms with Crippen molar-refractivity contribution in [2.45, 2.75) is 19.8 Å². The molecule has 0 saturated heterocycles. The Kier molecular flexibility index (Phi) is 5.03. The van der Waals surface area contributed by atoms with Crippen molar-refractivity contribution >= 4 is 28.6 Å². The number of esters is 1. The van der Waals surface area contributed by atoms with Gasteiger partial charge >= 0.3 is 5.97 Å². The summed E-state index contributed by atoms with van der Waals surface area (Å²) in [5.41, 5.74) is -0.558. The zero-order valence-corrected chi connectivity index (χ0v) is 11.1. The van der Waals surface area contributed by atoms with E-state index in [0.29, 0.717) is 0 Å². The van der Waals surface area contributed by atoms with Gasteiger partial charge in [0.05, 0.1) is 22.3 Å². The summed E-state index contributed by atoms with van der Waals surface area (Å²) >= 11 is 1.70. The van der Waals surface area contributed by atoms with Crippen LogP contribution in [-0.4, -0.2) is 22.7 Å². The summed E-state index contributed by atoms with van der Waals surface area (Å²) < 4.78 is 29.9. The Bertz CT molecular complexity index is 426. The fourth-order valence-electron chi connectivity index (χ4n) is 1.16. The predicted octanol–water partition coefficient (Wildman–Crippen LogP) is 2.44. The topological polar surface area (TPSA) is 59.4 Å². The summed E-state index contributed by atoms with van der Waals surface area (Å²) in [6.45, 7) is 1.82. The standard InChI is InChI=1S/C10H10F2INO3/c1-2-17-8(15)4-6-9(16)5(13)3-7(14-6)10(11)12/h3,10,16H,2,4H2,1H3. The molecule has 0 bridgehead atoms. The number of nitrogens with zero attached hydrogens (tertiary/aromatic N) is 1. The van der Waals surface area contributed by atoms with Crippen LogP contribution in [0.1, 0.15) is 24.7 Å². The highest BCUT2D eigenvalue weighted by atomic mass is 127. The van der Waals surface area contributed by atoms with Crippen LogP contribution in [0.4, 0.5) is 8.78 Å². The number of aromatic hydroxyl groups is 1. The highest BCUT2D eigenvalue weighted by Gasteiger charge is 2.18. The average Bonchev–Trinajstić information content (AvgIpc) is 2.24. The molecule has 0 saturated carbocycles. The van der Waals surface area contributed by atoms with Gasteiger partial charge in [0.25, 0.3) is 6.43 Å². The predicted molar refractivity (Wildman–Crippen MR) is 63.9 cm³/mol. The maximum absolute atomic E-state index is 12.5. The van der Waals surface area contributed by atoms with E-state index < -0.39 is 18.1 Å². The molecular weight excluding hydrogens is 347 g/mol. The number of rotatable bonds is 4. The molecular formula is C10H10F2INO3. The number of hydrogen-bond donors (Lipinski definition) is 1. The highest BCUT2D eigenvalue weighted by molar-refractivity contribution is 14.1. The van der Waals surface area contributed by atoms with Crippen LogP contribution in [0.15, 0.2) is 6.07 Å². The monoisotopic (exact) mass is 357 g/mol. The van der Waals surface area contributed by atoms with Crippen molar-refractivity contribution in [1.82, 2.24) is 4.98 Å². The van der Waals surface area contributed by atoms with Crippen LogP contribution in [0.25, 0.3) is 0 Å². The third kappa shape index (κ3) is 3.76. The van der Waals surface area contributed by atoms with Gasteiger partial charge in [-0.3, -0.25) is 4.79 Å². The van der Waals surface area contributed by atoms with Gasteiger partial charge in [-0.2, -0.15) is 0 Å². The minimum Gasteiger partial charge on any atom is -0.505 e. The lowest BCUT2D eigenvalue weighted by Gasteiger charge is -2.08. The van der Waals surface area contributed by atoms with E-state index in [4.69, 9.17) is 0 Å². The third-order valence-electron chi connectivity index (χ3n) is 1.88. The van der Waals surface area contributed by atoms with Gasteiger partial charge in [-0.25, -0.2) is 13.8 Å². The zero-order valence-electron chi connectivity index (χ0n) is 8.91. The SMILES string of the molecule is CCOC(=O)Cc1nc(C(F)F)cc(I)c1O. The number of carbonyl (C=O) groups excluding carboxylic acids is 1. The minimum atomic E-state index is -2.75. The van der Waals surface area contributed by atoms with Crippen LogP contribution in [0, 0.1) is 3.57 Å². The fraction of sp³-hybridized carbons (Fsp3) is 0.400. The lowest BCUT2D eigenvalue weighted by atomic mass is 10.2. The average molecular weight is 357 g/mol. The quantitative estimate of drug-likeness (QED) is 0.664. The van der Waals surface area contributed by atoms with Crippen molar-refractivity contribution in [2.24, 2.45) is 0 Å². The van der Waals surface area contributed by atoms with E-state index in [9.17, 15) is 18.7 Å². The second kappa shape index (κ2) is 6.08. The maximum atomic E-state index is 12.5. The minimum absolute atomic E-state index is 0.0920. The molecule has 0 aliphatic rings. The first-order chi connectivity index (χ1) is 7.95. The van der Waals surface area contributed by atoms with E-state index in [-0.39, 0.29) is 28.0 Å². The van der Waals surface area contributed by atoms with Crippen LogP contribution >= 0.6 is 22.6 Å². The molecule has 4 nitrogen and oxygen atoms in total. The summed E-state index contributed by atoms with van der Waals surface area (Å²) in [6, 6.07) is 1.08. The van der Waals surface area contributed by atoms with Crippen molar-refractivity contribution in [3.05, 3.63) is 21.0 Å². The number of ether oxygens (including phenoxy) is 1. The Hall–Kier alpha value is -0.990. The number of pyridine rings is 1. The molecule has 1 N–H and O–H groups in total. The summed E-state index contributed by atoms with van der Waals surface area (Å²) in [6.07, 6.45) is -3.07. The van der Waals surface area contributed by atoms with Gasteiger partial charge in [-0.05, 0) is 35.6 Å². The van der Waals surface area contributed by atoms with Crippen molar-refractivity contribution in [2.75, 3.05) is 6.61 Å². The maximum Gasteiger partial charge on any atom is 0.312 e. The van der Waals surface area contributed by atoms with E-state index in [1.165, 1.54) is 0 Å². The number of aromatic nitrogens is 1. The summed E-state index contributed by atoms with van der Waals surface area (Å²) in [5, 5.41) is 9.60. The number of halogens is 3. The Labute approximate surface area is 110 Å². The van der Waals surface area contributed by atoms with Gasteiger partial charge < -0.3 is 9.84 Å². The Morgan fingerprint density at radius 2 is 2.29 bits per heavy atom. The normalized spacial score (nSPS) is 10.6. The van der Waals surface area contributed by atoms with Gasteiger partial charge in [0, 0.05) is 0 Å². The molecule has 0 aliphatic carbocycles. The molecule has 0 fully saturated rings. The van der Waals surface area contributed by atoms with Crippen molar-refractivity contribution in [3.8, 4) is 5.75 Å². The molecule has 0 spiro atoms. The molecule has 1 heterocycles. The van der Waals surface area contributed by atoms with Crippen LogP contribution in [0.2, 0.25) is 0 Å². The van der Waals surface area contributed by atoms with E-state index in [1.807, 2.05) is 0 Å². The van der Waals surface area contributed by atoms with Crippen LogP contribution in [-0.2, 0) is 16.0 Å². The number of hydrogen-bond acceptors (Lipinski definition) is 4. The van der Waals surface area contributed by atoms with Gasteiger partial charge in [0.2, 0.25) is 0 Å². The summed E-state index contributed by atoms with van der Waals surface area (Å²) in [4.78, 5) is 14.7. The largest absolute Gasteiger partial charge is 0.505 e. The lowest BCUT2D eigenvalue weighted by molar-refractivity contribution is -0.142. The van der Waals surface area contributed by atoms with Crippen molar-refractivity contribution in [3.63, 3.8) is 0 Å². The highest BCUT2D eigenvalue weighted by Crippen LogP contribution is 2.28. The molecule has 0 aliphatic heterocycles. The molecule has 17 heavy (non-hydrogen) atoms. The number of alkyl halides is 2. The smallest absolute Gasteiger partial charge is 0.312 e. The van der Waals surface area contributed by atoms with Crippen LogP contribution in [0.5, 0.6) is 5.75 Å². The molecule has 0 aromatic carbocycles. The van der Waals surface area contributed by atoms with Crippen molar-refractivity contribution in [1.29, 1.82) is 0 Å². The van der Waals surface area contributed by atoms with Gasteiger partial charge in [-0.1, -0.05) is 0 Å². The van der Waals surface area contributed by atoms with E-state index >= 15 is 0 Å². The molecule has 0 unspecified atom stereocenters. The van der Waals surface area contributed by atoms with E-state index in [2.05, 4.69) is 9.72 Å². The molecule has 0 radical (unpaired) electrons. The third-order valence-corrected chi connectivity index (χ3v) is 2.70.